The minimum Gasteiger partial charge on any atom is -0.497 e. The molecule has 0 fully saturated rings. The van der Waals surface area contributed by atoms with E-state index in [-0.39, 0.29) is 0 Å². The van der Waals surface area contributed by atoms with Crippen LogP contribution in [0.1, 0.15) is 19.4 Å². The van der Waals surface area contributed by atoms with Gasteiger partial charge >= 0.3 is 0 Å². The van der Waals surface area contributed by atoms with Crippen LogP contribution < -0.4 is 10.1 Å². The summed E-state index contributed by atoms with van der Waals surface area (Å²) in [4.78, 5) is 2.40. The molecule has 0 radical (unpaired) electrons. The molecule has 0 aliphatic carbocycles. The standard InChI is InChI=1S/C15H26N2O/c1-12(2)15(10-16-3)17(4)11-13-7-6-8-14(9-13)18-5/h6-9,12,15-16H,10-11H2,1-5H3. The number of nitrogens with one attached hydrogen (secondary N) is 1. The van der Waals surface area contributed by atoms with Crippen molar-refractivity contribution in [1.82, 2.24) is 10.2 Å². The first-order chi connectivity index (χ1) is 8.58. The molecule has 3 heteroatoms. The highest BCUT2D eigenvalue weighted by Crippen LogP contribution is 2.16. The van der Waals surface area contributed by atoms with E-state index < -0.39 is 0 Å². The average Bonchev–Trinajstić information content (AvgIpc) is 2.35. The zero-order chi connectivity index (χ0) is 13.5. The second-order valence-corrected chi connectivity index (χ2v) is 5.14. The van der Waals surface area contributed by atoms with Gasteiger partial charge in [-0.2, -0.15) is 0 Å². The summed E-state index contributed by atoms with van der Waals surface area (Å²) in [7, 11) is 5.90. The van der Waals surface area contributed by atoms with Gasteiger partial charge in [-0.15, -0.1) is 0 Å². The van der Waals surface area contributed by atoms with Gasteiger partial charge in [0.1, 0.15) is 5.75 Å². The molecule has 1 aromatic carbocycles. The van der Waals surface area contributed by atoms with Crippen LogP contribution in [0, 0.1) is 5.92 Å². The predicted octanol–water partition coefficient (Wildman–Crippen LogP) is 2.37. The van der Waals surface area contributed by atoms with Crippen molar-refractivity contribution in [2.45, 2.75) is 26.4 Å². The Balaban J connectivity index is 2.69. The Morgan fingerprint density at radius 3 is 2.61 bits per heavy atom. The fourth-order valence-electron chi connectivity index (χ4n) is 2.29. The van der Waals surface area contributed by atoms with Gasteiger partial charge in [-0.3, -0.25) is 4.90 Å². The maximum Gasteiger partial charge on any atom is 0.119 e. The highest BCUT2D eigenvalue weighted by Gasteiger charge is 2.17. The van der Waals surface area contributed by atoms with Gasteiger partial charge in [-0.25, -0.2) is 0 Å². The molecule has 0 saturated carbocycles. The van der Waals surface area contributed by atoms with E-state index in [1.165, 1.54) is 5.56 Å². The van der Waals surface area contributed by atoms with E-state index in [4.69, 9.17) is 4.74 Å². The van der Waals surface area contributed by atoms with Gasteiger partial charge in [0.15, 0.2) is 0 Å². The molecule has 1 N–H and O–H groups in total. The van der Waals surface area contributed by atoms with Gasteiger partial charge < -0.3 is 10.1 Å². The highest BCUT2D eigenvalue weighted by molar-refractivity contribution is 5.28. The number of benzene rings is 1. The van der Waals surface area contributed by atoms with Crippen molar-refractivity contribution in [3.63, 3.8) is 0 Å². The summed E-state index contributed by atoms with van der Waals surface area (Å²) in [6.45, 7) is 6.49. The number of ether oxygens (including phenoxy) is 1. The first-order valence-corrected chi connectivity index (χ1v) is 6.56. The van der Waals surface area contributed by atoms with Crippen molar-refractivity contribution >= 4 is 0 Å². The van der Waals surface area contributed by atoms with Crippen LogP contribution in [0.5, 0.6) is 5.75 Å². The third-order valence-electron chi connectivity index (χ3n) is 3.32. The van der Waals surface area contributed by atoms with Crippen LogP contribution in [0.25, 0.3) is 0 Å². The van der Waals surface area contributed by atoms with Crippen LogP contribution in [0.2, 0.25) is 0 Å². The molecule has 1 rings (SSSR count). The van der Waals surface area contributed by atoms with Gasteiger partial charge in [0.25, 0.3) is 0 Å². The third kappa shape index (κ3) is 4.31. The minimum absolute atomic E-state index is 0.543. The SMILES string of the molecule is CNCC(C(C)C)N(C)Cc1cccc(OC)c1. The Labute approximate surface area is 111 Å². The number of likely N-dealkylation sites (N-methyl/N-ethyl adjacent to an activating group) is 2. The lowest BCUT2D eigenvalue weighted by Crippen LogP contribution is -2.42. The van der Waals surface area contributed by atoms with Crippen LogP contribution in [-0.4, -0.2) is 38.7 Å². The zero-order valence-electron chi connectivity index (χ0n) is 12.2. The van der Waals surface area contributed by atoms with Gasteiger partial charge in [-0.05, 0) is 37.7 Å². The molecular formula is C15H26N2O. The van der Waals surface area contributed by atoms with E-state index in [9.17, 15) is 0 Å². The lowest BCUT2D eigenvalue weighted by Gasteiger charge is -2.31. The number of nitrogens with zero attached hydrogens (tertiary/aromatic N) is 1. The third-order valence-corrected chi connectivity index (χ3v) is 3.32. The molecule has 1 aromatic rings. The molecule has 0 aliphatic rings. The van der Waals surface area contributed by atoms with E-state index in [1.807, 2.05) is 19.2 Å². The van der Waals surface area contributed by atoms with Gasteiger partial charge in [0.2, 0.25) is 0 Å². The molecule has 0 heterocycles. The average molecular weight is 250 g/mol. The second-order valence-electron chi connectivity index (χ2n) is 5.14. The molecule has 102 valence electrons. The Bertz CT molecular complexity index is 352. The summed E-state index contributed by atoms with van der Waals surface area (Å²) in [5, 5.41) is 3.27. The van der Waals surface area contributed by atoms with E-state index in [1.54, 1.807) is 7.11 Å². The lowest BCUT2D eigenvalue weighted by atomic mass is 10.0. The summed E-state index contributed by atoms with van der Waals surface area (Å²) < 4.78 is 5.26. The van der Waals surface area contributed by atoms with Crippen molar-refractivity contribution in [3.8, 4) is 5.75 Å². The Hall–Kier alpha value is -1.06. The molecule has 0 aromatic heterocycles. The maximum atomic E-state index is 5.26. The Morgan fingerprint density at radius 2 is 2.06 bits per heavy atom. The van der Waals surface area contributed by atoms with E-state index in [0.29, 0.717) is 12.0 Å². The molecule has 0 spiro atoms. The molecule has 18 heavy (non-hydrogen) atoms. The molecule has 1 unspecified atom stereocenters. The van der Waals surface area contributed by atoms with Crippen LogP contribution in [0.4, 0.5) is 0 Å². The topological polar surface area (TPSA) is 24.5 Å². The number of rotatable bonds is 7. The quantitative estimate of drug-likeness (QED) is 0.804. The van der Waals surface area contributed by atoms with E-state index in [0.717, 1.165) is 18.8 Å². The highest BCUT2D eigenvalue weighted by atomic mass is 16.5. The van der Waals surface area contributed by atoms with Gasteiger partial charge in [0, 0.05) is 19.1 Å². The lowest BCUT2D eigenvalue weighted by molar-refractivity contribution is 0.182. The smallest absolute Gasteiger partial charge is 0.119 e. The fourth-order valence-corrected chi connectivity index (χ4v) is 2.29. The normalized spacial score (nSPS) is 13.1. The largest absolute Gasteiger partial charge is 0.497 e. The van der Waals surface area contributed by atoms with Crippen LogP contribution in [0.15, 0.2) is 24.3 Å². The zero-order valence-corrected chi connectivity index (χ0v) is 12.2. The summed E-state index contributed by atoms with van der Waals surface area (Å²) in [6.07, 6.45) is 0. The Kier molecular flexibility index (Phi) is 6.16. The summed E-state index contributed by atoms with van der Waals surface area (Å²) >= 11 is 0. The monoisotopic (exact) mass is 250 g/mol. The second kappa shape index (κ2) is 7.39. The van der Waals surface area contributed by atoms with Crippen molar-refractivity contribution < 1.29 is 4.74 Å². The first-order valence-electron chi connectivity index (χ1n) is 6.56. The van der Waals surface area contributed by atoms with Crippen molar-refractivity contribution in [2.24, 2.45) is 5.92 Å². The van der Waals surface area contributed by atoms with Gasteiger partial charge in [-0.1, -0.05) is 26.0 Å². The van der Waals surface area contributed by atoms with Crippen LogP contribution >= 0.6 is 0 Å². The maximum absolute atomic E-state index is 5.26. The molecular weight excluding hydrogens is 224 g/mol. The molecule has 0 saturated heterocycles. The van der Waals surface area contributed by atoms with Crippen molar-refractivity contribution in [1.29, 1.82) is 0 Å². The predicted molar refractivity (Wildman–Crippen MR) is 77.0 cm³/mol. The number of hydrogen-bond donors (Lipinski definition) is 1. The van der Waals surface area contributed by atoms with Crippen molar-refractivity contribution in [3.05, 3.63) is 29.8 Å². The summed E-state index contributed by atoms with van der Waals surface area (Å²) in [6, 6.07) is 8.83. The molecule has 0 bridgehead atoms. The molecule has 0 amide bonds. The first kappa shape index (κ1) is 15.0. The summed E-state index contributed by atoms with van der Waals surface area (Å²) in [5.41, 5.74) is 1.29. The summed E-state index contributed by atoms with van der Waals surface area (Å²) in [5.74, 6) is 1.56. The molecule has 0 aliphatic heterocycles. The van der Waals surface area contributed by atoms with Crippen molar-refractivity contribution in [2.75, 3.05) is 27.7 Å². The number of methoxy groups -OCH3 is 1. The van der Waals surface area contributed by atoms with E-state index >= 15 is 0 Å². The Morgan fingerprint density at radius 1 is 1.33 bits per heavy atom. The van der Waals surface area contributed by atoms with Crippen LogP contribution in [0.3, 0.4) is 0 Å². The number of hydrogen-bond acceptors (Lipinski definition) is 3. The van der Waals surface area contributed by atoms with E-state index in [2.05, 4.69) is 43.2 Å². The minimum atomic E-state index is 0.543. The van der Waals surface area contributed by atoms with Crippen LogP contribution in [-0.2, 0) is 6.54 Å². The van der Waals surface area contributed by atoms with Gasteiger partial charge in [0.05, 0.1) is 7.11 Å². The fraction of sp³-hybridized carbons (Fsp3) is 0.600. The molecule has 1 atom stereocenters. The molecule has 3 nitrogen and oxygen atoms in total.